The van der Waals surface area contributed by atoms with Crippen molar-refractivity contribution < 1.29 is 33.3 Å². The van der Waals surface area contributed by atoms with Gasteiger partial charge in [-0.2, -0.15) is 0 Å². The monoisotopic (exact) mass is 445 g/mol. The van der Waals surface area contributed by atoms with Crippen molar-refractivity contribution in [3.8, 4) is 5.75 Å². The minimum Gasteiger partial charge on any atom is -0.497 e. The van der Waals surface area contributed by atoms with Gasteiger partial charge in [0.05, 0.1) is 39.2 Å². The first-order valence-corrected chi connectivity index (χ1v) is 9.52. The molecular weight excluding hydrogens is 426 g/mol. The van der Waals surface area contributed by atoms with Crippen LogP contribution in [0.2, 0.25) is 5.02 Å². The lowest BCUT2D eigenvalue weighted by molar-refractivity contribution is -0.140. The fourth-order valence-corrected chi connectivity index (χ4v) is 3.28. The lowest BCUT2D eigenvalue weighted by Crippen LogP contribution is -2.39. The lowest BCUT2D eigenvalue weighted by Gasteiger charge is -2.32. The standard InChI is InChI=1S/C22H20ClNO7/c1-28-15-8-9-18(16(10-15)20(25)13-4-6-14(23)7-5-13)24-12-31-11-17(21(26)29-2)19(24)22(27)30-3/h4-10H,11-12H2,1-3H3. The number of carbonyl (C=O) groups is 3. The predicted molar refractivity (Wildman–Crippen MR) is 112 cm³/mol. The van der Waals surface area contributed by atoms with Crippen molar-refractivity contribution in [3.63, 3.8) is 0 Å². The van der Waals surface area contributed by atoms with Crippen LogP contribution in [0.1, 0.15) is 15.9 Å². The van der Waals surface area contributed by atoms with Gasteiger partial charge in [0.1, 0.15) is 18.2 Å². The maximum Gasteiger partial charge on any atom is 0.355 e. The van der Waals surface area contributed by atoms with Gasteiger partial charge in [-0.1, -0.05) is 11.6 Å². The van der Waals surface area contributed by atoms with E-state index < -0.39 is 11.9 Å². The van der Waals surface area contributed by atoms with E-state index in [0.29, 0.717) is 22.0 Å². The number of halogens is 1. The topological polar surface area (TPSA) is 91.4 Å². The van der Waals surface area contributed by atoms with Gasteiger partial charge in [0.25, 0.3) is 0 Å². The quantitative estimate of drug-likeness (QED) is 0.495. The highest BCUT2D eigenvalue weighted by Crippen LogP contribution is 2.33. The number of methoxy groups -OCH3 is 3. The minimum absolute atomic E-state index is 0.0127. The zero-order valence-electron chi connectivity index (χ0n) is 17.1. The molecule has 3 rings (SSSR count). The molecule has 0 aromatic heterocycles. The molecule has 1 aliphatic rings. The lowest BCUT2D eigenvalue weighted by atomic mass is 9.99. The third-order valence-electron chi connectivity index (χ3n) is 4.68. The van der Waals surface area contributed by atoms with E-state index in [2.05, 4.69) is 0 Å². The highest BCUT2D eigenvalue weighted by molar-refractivity contribution is 6.30. The van der Waals surface area contributed by atoms with Crippen molar-refractivity contribution in [2.75, 3.05) is 39.6 Å². The van der Waals surface area contributed by atoms with Gasteiger partial charge >= 0.3 is 11.9 Å². The largest absolute Gasteiger partial charge is 0.497 e. The molecule has 0 unspecified atom stereocenters. The molecule has 2 aromatic rings. The van der Waals surface area contributed by atoms with Crippen LogP contribution in [0, 0.1) is 0 Å². The summed E-state index contributed by atoms with van der Waals surface area (Å²) in [7, 11) is 3.88. The molecule has 8 nitrogen and oxygen atoms in total. The van der Waals surface area contributed by atoms with Crippen LogP contribution in [-0.4, -0.2) is 52.4 Å². The van der Waals surface area contributed by atoms with E-state index in [0.717, 1.165) is 0 Å². The van der Waals surface area contributed by atoms with E-state index in [9.17, 15) is 14.4 Å². The number of benzene rings is 2. The molecule has 0 atom stereocenters. The van der Waals surface area contributed by atoms with E-state index >= 15 is 0 Å². The predicted octanol–water partition coefficient (Wildman–Crippen LogP) is 2.97. The molecule has 2 aromatic carbocycles. The smallest absolute Gasteiger partial charge is 0.355 e. The number of ether oxygens (including phenoxy) is 4. The van der Waals surface area contributed by atoms with Gasteiger partial charge in [0.15, 0.2) is 5.78 Å². The second-order valence-electron chi connectivity index (χ2n) is 6.44. The zero-order chi connectivity index (χ0) is 22.5. The summed E-state index contributed by atoms with van der Waals surface area (Å²) in [4.78, 5) is 39.6. The van der Waals surface area contributed by atoms with Crippen molar-refractivity contribution in [2.24, 2.45) is 0 Å². The highest BCUT2D eigenvalue weighted by atomic mass is 35.5. The number of nitrogens with zero attached hydrogens (tertiary/aromatic N) is 1. The maximum absolute atomic E-state index is 13.3. The summed E-state index contributed by atoms with van der Waals surface area (Å²) in [6.45, 7) is -0.220. The summed E-state index contributed by atoms with van der Waals surface area (Å²) in [6, 6.07) is 11.2. The Bertz CT molecular complexity index is 1050. The summed E-state index contributed by atoms with van der Waals surface area (Å²) in [5, 5.41) is 0.491. The summed E-state index contributed by atoms with van der Waals surface area (Å²) < 4.78 is 20.4. The molecule has 0 spiro atoms. The Morgan fingerprint density at radius 3 is 2.26 bits per heavy atom. The normalized spacial score (nSPS) is 13.6. The fraction of sp³-hybridized carbons (Fsp3) is 0.227. The van der Waals surface area contributed by atoms with Crippen molar-refractivity contribution in [2.45, 2.75) is 0 Å². The van der Waals surface area contributed by atoms with Gasteiger partial charge in [0, 0.05) is 16.1 Å². The molecule has 0 amide bonds. The molecule has 0 aliphatic carbocycles. The third kappa shape index (κ3) is 4.55. The number of anilines is 1. The Balaban J connectivity index is 2.18. The molecule has 0 fully saturated rings. The zero-order valence-corrected chi connectivity index (χ0v) is 17.9. The second-order valence-corrected chi connectivity index (χ2v) is 6.87. The molecule has 162 valence electrons. The van der Waals surface area contributed by atoms with E-state index in [1.54, 1.807) is 42.5 Å². The van der Waals surface area contributed by atoms with E-state index in [4.69, 9.17) is 30.5 Å². The van der Waals surface area contributed by atoms with Gasteiger partial charge in [0.2, 0.25) is 0 Å². The average molecular weight is 446 g/mol. The number of hydrogen-bond acceptors (Lipinski definition) is 8. The summed E-state index contributed by atoms with van der Waals surface area (Å²) in [5.74, 6) is -1.38. The van der Waals surface area contributed by atoms with Crippen LogP contribution in [-0.2, 0) is 23.8 Å². The Labute approximate surface area is 183 Å². The molecular formula is C22H20ClNO7. The number of ketones is 1. The Kier molecular flexibility index (Phi) is 6.94. The molecule has 0 radical (unpaired) electrons. The van der Waals surface area contributed by atoms with E-state index in [1.165, 1.54) is 26.2 Å². The van der Waals surface area contributed by atoms with Gasteiger partial charge in [-0.15, -0.1) is 0 Å². The SMILES string of the molecule is COC(=O)C1=C(C(=O)OC)N(c2ccc(OC)cc2C(=O)c2ccc(Cl)cc2)COC1. The molecule has 31 heavy (non-hydrogen) atoms. The first kappa shape index (κ1) is 22.3. The average Bonchev–Trinajstić information content (AvgIpc) is 2.82. The van der Waals surface area contributed by atoms with Crippen LogP contribution in [0.25, 0.3) is 0 Å². The van der Waals surface area contributed by atoms with Crippen LogP contribution >= 0.6 is 11.6 Å². The molecule has 1 aliphatic heterocycles. The highest BCUT2D eigenvalue weighted by Gasteiger charge is 2.34. The fourth-order valence-electron chi connectivity index (χ4n) is 3.15. The Morgan fingerprint density at radius 1 is 0.968 bits per heavy atom. The first-order chi connectivity index (χ1) is 14.9. The number of rotatable bonds is 6. The first-order valence-electron chi connectivity index (χ1n) is 9.14. The molecule has 0 saturated heterocycles. The molecule has 9 heteroatoms. The summed E-state index contributed by atoms with van der Waals surface area (Å²) >= 11 is 5.94. The van der Waals surface area contributed by atoms with Crippen LogP contribution in [0.15, 0.2) is 53.7 Å². The second kappa shape index (κ2) is 9.63. The summed E-state index contributed by atoms with van der Waals surface area (Å²) in [6.07, 6.45) is 0. The Morgan fingerprint density at radius 2 is 1.65 bits per heavy atom. The number of esters is 2. The van der Waals surface area contributed by atoms with Crippen molar-refractivity contribution in [3.05, 3.63) is 69.9 Å². The van der Waals surface area contributed by atoms with E-state index in [-0.39, 0.29) is 36.0 Å². The molecule has 0 saturated carbocycles. The van der Waals surface area contributed by atoms with Gasteiger partial charge in [-0.25, -0.2) is 9.59 Å². The van der Waals surface area contributed by atoms with Gasteiger partial charge < -0.3 is 23.8 Å². The molecule has 0 N–H and O–H groups in total. The molecule has 1 heterocycles. The van der Waals surface area contributed by atoms with Gasteiger partial charge in [-0.3, -0.25) is 4.79 Å². The third-order valence-corrected chi connectivity index (χ3v) is 4.93. The Hall–Kier alpha value is -3.36. The maximum atomic E-state index is 13.3. The minimum atomic E-state index is -0.760. The number of carbonyl (C=O) groups excluding carboxylic acids is 3. The number of hydrogen-bond donors (Lipinski definition) is 0. The van der Waals surface area contributed by atoms with Crippen LogP contribution in [0.3, 0.4) is 0 Å². The summed E-state index contributed by atoms with van der Waals surface area (Å²) in [5.41, 5.74) is 0.880. The molecule has 0 bridgehead atoms. The van der Waals surface area contributed by atoms with Crippen LogP contribution < -0.4 is 9.64 Å². The van der Waals surface area contributed by atoms with E-state index in [1.807, 2.05) is 0 Å². The van der Waals surface area contributed by atoms with Crippen molar-refractivity contribution in [1.82, 2.24) is 0 Å². The van der Waals surface area contributed by atoms with Crippen molar-refractivity contribution in [1.29, 1.82) is 0 Å². The van der Waals surface area contributed by atoms with Crippen LogP contribution in [0.5, 0.6) is 5.75 Å². The van der Waals surface area contributed by atoms with Crippen molar-refractivity contribution >= 4 is 35.0 Å². The van der Waals surface area contributed by atoms with Crippen LogP contribution in [0.4, 0.5) is 5.69 Å². The van der Waals surface area contributed by atoms with Gasteiger partial charge in [-0.05, 0) is 42.5 Å².